The third kappa shape index (κ3) is 3.99. The van der Waals surface area contributed by atoms with Crippen LogP contribution < -0.4 is 19.5 Å². The van der Waals surface area contributed by atoms with E-state index < -0.39 is 6.10 Å². The average molecular weight is 362 g/mol. The van der Waals surface area contributed by atoms with Gasteiger partial charge in [0.05, 0.1) is 18.9 Å². The first-order chi connectivity index (χ1) is 12.1. The smallest absolute Gasteiger partial charge is 0.265 e. The topological polar surface area (TPSA) is 56.8 Å². The van der Waals surface area contributed by atoms with Gasteiger partial charge in [0.25, 0.3) is 5.91 Å². The standard InChI is InChI=1S/C19H20ClNO4/c1-3-23-14-6-8-17(24-4-2)15(11-14)21-19(22)18-10-12-9-13(20)5-7-16(12)25-18/h5-9,11,18H,3-4,10H2,1-2H3,(H,21,22)/t18-/m1/s1. The first-order valence-corrected chi connectivity index (χ1v) is 8.64. The Hall–Kier alpha value is -2.40. The van der Waals surface area contributed by atoms with Crippen molar-refractivity contribution in [3.05, 3.63) is 47.0 Å². The first kappa shape index (κ1) is 17.4. The van der Waals surface area contributed by atoms with Gasteiger partial charge in [-0.3, -0.25) is 4.79 Å². The van der Waals surface area contributed by atoms with E-state index in [1.54, 1.807) is 24.3 Å². The molecule has 3 rings (SSSR count). The Balaban J connectivity index is 1.75. The molecule has 5 nitrogen and oxygen atoms in total. The number of carbonyl (C=O) groups excluding carboxylic acids is 1. The van der Waals surface area contributed by atoms with Crippen LogP contribution >= 0.6 is 11.6 Å². The van der Waals surface area contributed by atoms with Crippen molar-refractivity contribution in [3.63, 3.8) is 0 Å². The van der Waals surface area contributed by atoms with Gasteiger partial charge >= 0.3 is 0 Å². The number of benzene rings is 2. The highest BCUT2D eigenvalue weighted by atomic mass is 35.5. The monoisotopic (exact) mass is 361 g/mol. The van der Waals surface area contributed by atoms with E-state index in [2.05, 4.69) is 5.32 Å². The van der Waals surface area contributed by atoms with Crippen molar-refractivity contribution in [2.75, 3.05) is 18.5 Å². The van der Waals surface area contributed by atoms with Crippen molar-refractivity contribution < 1.29 is 19.0 Å². The molecule has 25 heavy (non-hydrogen) atoms. The molecule has 0 saturated heterocycles. The van der Waals surface area contributed by atoms with Crippen LogP contribution in [0.5, 0.6) is 17.2 Å². The Labute approximate surface area is 151 Å². The van der Waals surface area contributed by atoms with Crippen molar-refractivity contribution in [3.8, 4) is 17.2 Å². The number of nitrogens with one attached hydrogen (secondary N) is 1. The minimum absolute atomic E-state index is 0.234. The summed E-state index contributed by atoms with van der Waals surface area (Å²) in [7, 11) is 0. The summed E-state index contributed by atoms with van der Waals surface area (Å²) >= 11 is 6.00. The predicted molar refractivity (Wildman–Crippen MR) is 97.0 cm³/mol. The fourth-order valence-corrected chi connectivity index (χ4v) is 2.92. The summed E-state index contributed by atoms with van der Waals surface area (Å²) in [4.78, 5) is 12.6. The van der Waals surface area contributed by atoms with Crippen molar-refractivity contribution >= 4 is 23.2 Å². The van der Waals surface area contributed by atoms with Crippen LogP contribution in [0.4, 0.5) is 5.69 Å². The first-order valence-electron chi connectivity index (χ1n) is 8.26. The maximum atomic E-state index is 12.6. The highest BCUT2D eigenvalue weighted by molar-refractivity contribution is 6.30. The number of fused-ring (bicyclic) bond motifs is 1. The fourth-order valence-electron chi connectivity index (χ4n) is 2.72. The Kier molecular flexibility index (Phi) is 5.34. The van der Waals surface area contributed by atoms with Gasteiger partial charge in [0, 0.05) is 17.5 Å². The van der Waals surface area contributed by atoms with Crippen molar-refractivity contribution in [1.82, 2.24) is 0 Å². The van der Waals surface area contributed by atoms with Gasteiger partial charge in [-0.25, -0.2) is 0 Å². The van der Waals surface area contributed by atoms with E-state index in [4.69, 9.17) is 25.8 Å². The maximum Gasteiger partial charge on any atom is 0.265 e. The summed E-state index contributed by atoms with van der Waals surface area (Å²) in [6.45, 7) is 4.84. The molecule has 0 fully saturated rings. The maximum absolute atomic E-state index is 12.6. The van der Waals surface area contributed by atoms with Gasteiger partial charge in [-0.1, -0.05) is 11.6 Å². The molecule has 132 valence electrons. The van der Waals surface area contributed by atoms with E-state index in [-0.39, 0.29) is 5.91 Å². The summed E-state index contributed by atoms with van der Waals surface area (Å²) in [6, 6.07) is 10.7. The molecule has 1 heterocycles. The van der Waals surface area contributed by atoms with Gasteiger partial charge in [-0.05, 0) is 49.7 Å². The van der Waals surface area contributed by atoms with Crippen LogP contribution in [0.15, 0.2) is 36.4 Å². The SMILES string of the molecule is CCOc1ccc(OCC)c(NC(=O)[C@H]2Cc3cc(Cl)ccc3O2)c1. The number of ether oxygens (including phenoxy) is 3. The lowest BCUT2D eigenvalue weighted by Crippen LogP contribution is -2.31. The Morgan fingerprint density at radius 2 is 2.00 bits per heavy atom. The summed E-state index contributed by atoms with van der Waals surface area (Å²) < 4.78 is 16.8. The highest BCUT2D eigenvalue weighted by Crippen LogP contribution is 2.33. The summed E-state index contributed by atoms with van der Waals surface area (Å²) in [5.74, 6) is 1.72. The molecule has 0 unspecified atom stereocenters. The van der Waals surface area contributed by atoms with Gasteiger partial charge < -0.3 is 19.5 Å². The molecule has 2 aromatic carbocycles. The van der Waals surface area contributed by atoms with Crippen LogP contribution in [-0.4, -0.2) is 25.2 Å². The van der Waals surface area contributed by atoms with Crippen LogP contribution in [0, 0.1) is 0 Å². The van der Waals surface area contributed by atoms with E-state index in [0.717, 1.165) is 5.56 Å². The van der Waals surface area contributed by atoms with Crippen LogP contribution in [0.3, 0.4) is 0 Å². The molecule has 1 atom stereocenters. The lowest BCUT2D eigenvalue weighted by molar-refractivity contribution is -0.122. The van der Waals surface area contributed by atoms with Gasteiger partial charge in [0.1, 0.15) is 17.2 Å². The van der Waals surface area contributed by atoms with Crippen molar-refractivity contribution in [1.29, 1.82) is 0 Å². The van der Waals surface area contributed by atoms with Crippen molar-refractivity contribution in [2.24, 2.45) is 0 Å². The number of carbonyl (C=O) groups is 1. The molecule has 1 aliphatic rings. The molecule has 1 amide bonds. The van der Waals surface area contributed by atoms with E-state index in [9.17, 15) is 4.79 Å². The lowest BCUT2D eigenvalue weighted by atomic mass is 10.1. The molecule has 0 radical (unpaired) electrons. The zero-order valence-electron chi connectivity index (χ0n) is 14.2. The third-order valence-electron chi connectivity index (χ3n) is 3.81. The molecule has 6 heteroatoms. The summed E-state index contributed by atoms with van der Waals surface area (Å²) in [5, 5.41) is 3.51. The number of hydrogen-bond acceptors (Lipinski definition) is 4. The highest BCUT2D eigenvalue weighted by Gasteiger charge is 2.29. The van der Waals surface area contributed by atoms with E-state index in [1.165, 1.54) is 0 Å². The molecule has 0 saturated carbocycles. The van der Waals surface area contributed by atoms with Gasteiger partial charge in [0.2, 0.25) is 0 Å². The number of rotatable bonds is 6. The van der Waals surface area contributed by atoms with Crippen LogP contribution in [0.25, 0.3) is 0 Å². The van der Waals surface area contributed by atoms with Crippen molar-refractivity contribution in [2.45, 2.75) is 26.4 Å². The van der Waals surface area contributed by atoms with E-state index in [0.29, 0.717) is 47.6 Å². The third-order valence-corrected chi connectivity index (χ3v) is 4.04. The zero-order chi connectivity index (χ0) is 17.8. The second-order valence-corrected chi connectivity index (χ2v) is 6.01. The minimum atomic E-state index is -0.598. The molecule has 1 N–H and O–H groups in total. The Morgan fingerprint density at radius 3 is 2.76 bits per heavy atom. The summed E-state index contributed by atoms with van der Waals surface area (Å²) in [5.41, 5.74) is 1.50. The largest absolute Gasteiger partial charge is 0.494 e. The second kappa shape index (κ2) is 7.66. The molecule has 1 aliphatic heterocycles. The summed E-state index contributed by atoms with van der Waals surface area (Å²) in [6.07, 6.45) is -0.115. The normalized spacial score (nSPS) is 15.2. The number of hydrogen-bond donors (Lipinski definition) is 1. The zero-order valence-corrected chi connectivity index (χ0v) is 14.9. The minimum Gasteiger partial charge on any atom is -0.494 e. The predicted octanol–water partition coefficient (Wildman–Crippen LogP) is 4.08. The molecular weight excluding hydrogens is 342 g/mol. The van der Waals surface area contributed by atoms with Gasteiger partial charge in [-0.2, -0.15) is 0 Å². The number of halogens is 1. The Morgan fingerprint density at radius 1 is 1.20 bits per heavy atom. The van der Waals surface area contributed by atoms with E-state index >= 15 is 0 Å². The quantitative estimate of drug-likeness (QED) is 0.842. The van der Waals surface area contributed by atoms with E-state index in [1.807, 2.05) is 26.0 Å². The Bertz CT molecular complexity index is 778. The molecule has 0 aromatic heterocycles. The van der Waals surface area contributed by atoms with Crippen LogP contribution in [0.2, 0.25) is 5.02 Å². The van der Waals surface area contributed by atoms with Crippen LogP contribution in [-0.2, 0) is 11.2 Å². The second-order valence-electron chi connectivity index (χ2n) is 5.58. The molecule has 0 aliphatic carbocycles. The number of anilines is 1. The average Bonchev–Trinajstić information content (AvgIpc) is 3.01. The van der Waals surface area contributed by atoms with Crippen LogP contribution in [0.1, 0.15) is 19.4 Å². The fraction of sp³-hybridized carbons (Fsp3) is 0.316. The van der Waals surface area contributed by atoms with Gasteiger partial charge in [0.15, 0.2) is 6.10 Å². The molecular formula is C19H20ClNO4. The van der Waals surface area contributed by atoms with Gasteiger partial charge in [-0.15, -0.1) is 0 Å². The lowest BCUT2D eigenvalue weighted by Gasteiger charge is -2.16. The molecule has 0 spiro atoms. The molecule has 2 aromatic rings. The number of amides is 1. The molecule has 0 bridgehead atoms.